The van der Waals surface area contributed by atoms with Crippen LogP contribution in [0.1, 0.15) is 32.1 Å². The molecule has 17 heavy (non-hydrogen) atoms. The van der Waals surface area contributed by atoms with Gasteiger partial charge in [-0.25, -0.2) is 4.79 Å². The minimum absolute atomic E-state index is 0.300. The Morgan fingerprint density at radius 3 is 2.53 bits per heavy atom. The van der Waals surface area contributed by atoms with E-state index in [1.807, 2.05) is 0 Å². The molecule has 0 aliphatic carbocycles. The second kappa shape index (κ2) is 4.48. The van der Waals surface area contributed by atoms with Crippen LogP contribution < -0.4 is 5.32 Å². The van der Waals surface area contributed by atoms with E-state index in [0.717, 1.165) is 39.3 Å². The minimum Gasteiger partial charge on any atom is -0.325 e. The van der Waals surface area contributed by atoms with Crippen molar-refractivity contribution in [3.8, 4) is 0 Å². The number of carbonyl (C=O) groups is 1. The summed E-state index contributed by atoms with van der Waals surface area (Å²) in [5, 5.41) is 3.44. The molecule has 4 heteroatoms. The molecule has 1 atom stereocenters. The van der Waals surface area contributed by atoms with Gasteiger partial charge in [0.1, 0.15) is 0 Å². The van der Waals surface area contributed by atoms with Gasteiger partial charge in [-0.15, -0.1) is 0 Å². The fraction of sp³-hybridized carbons (Fsp3) is 0.923. The molecule has 0 radical (unpaired) electrons. The molecule has 0 aromatic heterocycles. The third-order valence-corrected chi connectivity index (χ3v) is 4.67. The summed E-state index contributed by atoms with van der Waals surface area (Å²) in [6.45, 7) is 6.13. The number of urea groups is 1. The van der Waals surface area contributed by atoms with E-state index in [2.05, 4.69) is 15.1 Å². The van der Waals surface area contributed by atoms with Gasteiger partial charge in [0.15, 0.2) is 0 Å². The Morgan fingerprint density at radius 2 is 1.82 bits per heavy atom. The Labute approximate surface area is 103 Å². The first-order valence-corrected chi connectivity index (χ1v) is 7.04. The summed E-state index contributed by atoms with van der Waals surface area (Å²) in [6.07, 6.45) is 6.10. The predicted octanol–water partition coefficient (Wildman–Crippen LogP) is 1.28. The lowest BCUT2D eigenvalue weighted by Crippen LogP contribution is -2.45. The molecule has 3 rings (SSSR count). The van der Waals surface area contributed by atoms with Crippen molar-refractivity contribution >= 4 is 6.03 Å². The number of nitrogens with one attached hydrogen (secondary N) is 1. The zero-order chi connectivity index (χ0) is 11.7. The molecule has 1 unspecified atom stereocenters. The second-order valence-electron chi connectivity index (χ2n) is 5.93. The third-order valence-electron chi connectivity index (χ3n) is 4.67. The van der Waals surface area contributed by atoms with Gasteiger partial charge in [0.25, 0.3) is 0 Å². The fourth-order valence-corrected chi connectivity index (χ4v) is 3.53. The number of carbonyl (C=O) groups excluding carboxylic acids is 1. The lowest BCUT2D eigenvalue weighted by Gasteiger charge is -2.31. The highest BCUT2D eigenvalue weighted by molar-refractivity contribution is 5.75. The first-order chi connectivity index (χ1) is 8.29. The van der Waals surface area contributed by atoms with Crippen LogP contribution in [-0.4, -0.2) is 55.1 Å². The van der Waals surface area contributed by atoms with Crippen molar-refractivity contribution in [3.05, 3.63) is 0 Å². The molecule has 3 fully saturated rings. The van der Waals surface area contributed by atoms with E-state index >= 15 is 0 Å². The summed E-state index contributed by atoms with van der Waals surface area (Å²) in [6, 6.07) is 0.300. The Bertz CT molecular complexity index is 293. The van der Waals surface area contributed by atoms with E-state index in [0.29, 0.717) is 11.4 Å². The van der Waals surface area contributed by atoms with Gasteiger partial charge in [0.05, 0.1) is 0 Å². The van der Waals surface area contributed by atoms with Crippen molar-refractivity contribution in [1.82, 2.24) is 15.1 Å². The Morgan fingerprint density at radius 1 is 1.00 bits per heavy atom. The molecule has 0 saturated carbocycles. The SMILES string of the molecule is O=C(N1CCCCC1)N1CCC2(CCNC2)C1. The van der Waals surface area contributed by atoms with Crippen LogP contribution in [0.2, 0.25) is 0 Å². The van der Waals surface area contributed by atoms with Gasteiger partial charge >= 0.3 is 6.03 Å². The Hall–Kier alpha value is -0.770. The lowest BCUT2D eigenvalue weighted by molar-refractivity contribution is 0.147. The molecule has 0 aromatic carbocycles. The van der Waals surface area contributed by atoms with Crippen LogP contribution in [0.3, 0.4) is 0 Å². The van der Waals surface area contributed by atoms with Gasteiger partial charge in [-0.1, -0.05) is 0 Å². The van der Waals surface area contributed by atoms with E-state index in [1.54, 1.807) is 0 Å². The molecule has 3 aliphatic heterocycles. The molecule has 96 valence electrons. The molecule has 0 aromatic rings. The average molecular weight is 237 g/mol. The van der Waals surface area contributed by atoms with Gasteiger partial charge in [0.2, 0.25) is 0 Å². The van der Waals surface area contributed by atoms with Crippen LogP contribution >= 0.6 is 0 Å². The smallest absolute Gasteiger partial charge is 0.320 e. The van der Waals surface area contributed by atoms with E-state index in [4.69, 9.17) is 0 Å². The number of nitrogens with zero attached hydrogens (tertiary/aromatic N) is 2. The zero-order valence-corrected chi connectivity index (χ0v) is 10.6. The number of hydrogen-bond acceptors (Lipinski definition) is 2. The van der Waals surface area contributed by atoms with Crippen LogP contribution in [0.4, 0.5) is 4.79 Å². The molecular formula is C13H23N3O. The Kier molecular flexibility index (Phi) is 2.99. The van der Waals surface area contributed by atoms with Gasteiger partial charge in [0, 0.05) is 38.1 Å². The highest BCUT2D eigenvalue weighted by Crippen LogP contribution is 2.36. The average Bonchev–Trinajstić information content (AvgIpc) is 3.01. The molecule has 3 heterocycles. The number of amides is 2. The van der Waals surface area contributed by atoms with Gasteiger partial charge < -0.3 is 15.1 Å². The molecule has 3 saturated heterocycles. The number of hydrogen-bond donors (Lipinski definition) is 1. The first-order valence-electron chi connectivity index (χ1n) is 7.04. The fourth-order valence-electron chi connectivity index (χ4n) is 3.53. The summed E-state index contributed by atoms with van der Waals surface area (Å²) in [5.74, 6) is 0. The minimum atomic E-state index is 0.300. The number of rotatable bonds is 0. The summed E-state index contributed by atoms with van der Waals surface area (Å²) >= 11 is 0. The zero-order valence-electron chi connectivity index (χ0n) is 10.6. The van der Waals surface area contributed by atoms with Crippen LogP contribution in [-0.2, 0) is 0 Å². The maximum absolute atomic E-state index is 12.4. The van der Waals surface area contributed by atoms with Crippen molar-refractivity contribution in [2.75, 3.05) is 39.3 Å². The van der Waals surface area contributed by atoms with Crippen molar-refractivity contribution < 1.29 is 4.79 Å². The molecule has 0 bridgehead atoms. The molecule has 2 amide bonds. The second-order valence-corrected chi connectivity index (χ2v) is 5.93. The lowest BCUT2D eigenvalue weighted by atomic mass is 9.87. The molecule has 4 nitrogen and oxygen atoms in total. The van der Waals surface area contributed by atoms with Crippen molar-refractivity contribution in [3.63, 3.8) is 0 Å². The van der Waals surface area contributed by atoms with Gasteiger partial charge in [-0.2, -0.15) is 0 Å². The van der Waals surface area contributed by atoms with Gasteiger partial charge in [-0.05, 0) is 38.6 Å². The summed E-state index contributed by atoms with van der Waals surface area (Å²) in [7, 11) is 0. The van der Waals surface area contributed by atoms with E-state index in [9.17, 15) is 4.79 Å². The van der Waals surface area contributed by atoms with E-state index < -0.39 is 0 Å². The summed E-state index contributed by atoms with van der Waals surface area (Å²) < 4.78 is 0. The van der Waals surface area contributed by atoms with Crippen molar-refractivity contribution in [2.24, 2.45) is 5.41 Å². The summed E-state index contributed by atoms with van der Waals surface area (Å²) in [5.41, 5.74) is 0.408. The largest absolute Gasteiger partial charge is 0.325 e. The number of likely N-dealkylation sites (tertiary alicyclic amines) is 2. The normalized spacial score (nSPS) is 33.6. The number of piperidine rings is 1. The maximum Gasteiger partial charge on any atom is 0.320 e. The van der Waals surface area contributed by atoms with Gasteiger partial charge in [-0.3, -0.25) is 0 Å². The van der Waals surface area contributed by atoms with Crippen molar-refractivity contribution in [2.45, 2.75) is 32.1 Å². The molecular weight excluding hydrogens is 214 g/mol. The standard InChI is InChI=1S/C13H23N3O/c17-12(15-7-2-1-3-8-15)16-9-5-13(11-16)4-6-14-10-13/h14H,1-11H2. The topological polar surface area (TPSA) is 35.6 Å². The predicted molar refractivity (Wildman–Crippen MR) is 66.9 cm³/mol. The monoisotopic (exact) mass is 237 g/mol. The van der Waals surface area contributed by atoms with E-state index in [1.165, 1.54) is 32.1 Å². The van der Waals surface area contributed by atoms with Crippen LogP contribution in [0.5, 0.6) is 0 Å². The quantitative estimate of drug-likeness (QED) is 0.689. The molecule has 1 spiro atoms. The maximum atomic E-state index is 12.4. The van der Waals surface area contributed by atoms with E-state index in [-0.39, 0.29) is 0 Å². The summed E-state index contributed by atoms with van der Waals surface area (Å²) in [4.78, 5) is 16.5. The first kappa shape index (κ1) is 11.3. The van der Waals surface area contributed by atoms with Crippen LogP contribution in [0, 0.1) is 5.41 Å². The molecule has 3 aliphatic rings. The van der Waals surface area contributed by atoms with Crippen molar-refractivity contribution in [1.29, 1.82) is 0 Å². The highest BCUT2D eigenvalue weighted by Gasteiger charge is 2.42. The van der Waals surface area contributed by atoms with Crippen LogP contribution in [0.15, 0.2) is 0 Å². The highest BCUT2D eigenvalue weighted by atomic mass is 16.2. The Balaban J connectivity index is 1.59. The van der Waals surface area contributed by atoms with Crippen LogP contribution in [0.25, 0.3) is 0 Å². The third kappa shape index (κ3) is 2.15. The molecule has 1 N–H and O–H groups in total.